The largest absolute Gasteiger partial charge is 0.228 e. The molecule has 0 radical (unpaired) electrons. The summed E-state index contributed by atoms with van der Waals surface area (Å²) in [7, 11) is -3.25. The minimum atomic E-state index is -3.25. The summed E-state index contributed by atoms with van der Waals surface area (Å²) in [5.41, 5.74) is 0.740. The number of allylic oxidation sites excluding steroid dienone is 1. The lowest BCUT2D eigenvalue weighted by molar-refractivity contribution is 0.595. The monoisotopic (exact) mass is 278 g/mol. The molecule has 1 aromatic heterocycles. The molecule has 1 heterocycles. The van der Waals surface area contributed by atoms with Gasteiger partial charge in [-0.15, -0.1) is 5.10 Å². The van der Waals surface area contributed by atoms with Crippen LogP contribution in [0.15, 0.2) is 42.5 Å². The van der Waals surface area contributed by atoms with Gasteiger partial charge in [-0.2, -0.15) is 4.68 Å². The highest BCUT2D eigenvalue weighted by Gasteiger charge is 2.16. The Morgan fingerprint density at radius 1 is 1.26 bits per heavy atom. The molecule has 0 saturated carbocycles. The molecule has 19 heavy (non-hydrogen) atoms. The molecule has 1 aromatic carbocycles. The number of benzene rings is 1. The molecule has 0 aliphatic rings. The van der Waals surface area contributed by atoms with Gasteiger partial charge in [0, 0.05) is 0 Å². The van der Waals surface area contributed by atoms with E-state index in [1.165, 1.54) is 4.68 Å². The van der Waals surface area contributed by atoms with Crippen LogP contribution in [0.1, 0.15) is 12.7 Å². The van der Waals surface area contributed by atoms with E-state index in [0.717, 1.165) is 5.69 Å². The maximum atomic E-state index is 11.9. The van der Waals surface area contributed by atoms with Crippen molar-refractivity contribution in [1.29, 1.82) is 0 Å². The van der Waals surface area contributed by atoms with E-state index >= 15 is 0 Å². The van der Waals surface area contributed by atoms with Crippen LogP contribution in [0, 0.1) is 0 Å². The van der Waals surface area contributed by atoms with Gasteiger partial charge in [0.15, 0.2) is 15.7 Å². The molecule has 2 aromatic rings. The predicted octanol–water partition coefficient (Wildman–Crippen LogP) is 1.15. The van der Waals surface area contributed by atoms with E-state index < -0.39 is 9.84 Å². The Labute approximate surface area is 111 Å². The van der Waals surface area contributed by atoms with Gasteiger partial charge >= 0.3 is 0 Å². The second-order valence-corrected chi connectivity index (χ2v) is 6.08. The van der Waals surface area contributed by atoms with Crippen LogP contribution in [-0.4, -0.2) is 34.4 Å². The van der Waals surface area contributed by atoms with E-state index in [0.29, 0.717) is 5.82 Å². The summed E-state index contributed by atoms with van der Waals surface area (Å²) in [4.78, 5) is 0. The molecule has 2 rings (SSSR count). The molecule has 0 unspecified atom stereocenters. The van der Waals surface area contributed by atoms with Gasteiger partial charge in [0.05, 0.1) is 11.4 Å². The molecule has 0 aliphatic carbocycles. The lowest BCUT2D eigenvalue weighted by Gasteiger charge is -2.04. The van der Waals surface area contributed by atoms with E-state index in [9.17, 15) is 8.42 Å². The normalized spacial score (nSPS) is 12.1. The molecule has 0 aliphatic heterocycles. The van der Waals surface area contributed by atoms with Crippen LogP contribution in [-0.2, 0) is 15.6 Å². The maximum Gasteiger partial charge on any atom is 0.171 e. The summed E-state index contributed by atoms with van der Waals surface area (Å²) in [6.07, 6.45) is 3.31. The lowest BCUT2D eigenvalue weighted by Crippen LogP contribution is -2.12. The van der Waals surface area contributed by atoms with Crippen molar-refractivity contribution in [2.24, 2.45) is 0 Å². The Morgan fingerprint density at radius 2 is 2.00 bits per heavy atom. The van der Waals surface area contributed by atoms with Crippen LogP contribution < -0.4 is 0 Å². The lowest BCUT2D eigenvalue weighted by atomic mass is 10.3. The molecule has 0 N–H and O–H groups in total. The Balaban J connectivity index is 2.26. The quantitative estimate of drug-likeness (QED) is 0.767. The molecule has 7 heteroatoms. The summed E-state index contributed by atoms with van der Waals surface area (Å²) in [6, 6.07) is 9.19. The Bertz CT molecular complexity index is 662. The number of aromatic nitrogens is 4. The van der Waals surface area contributed by atoms with Crippen LogP contribution in [0.3, 0.4) is 0 Å². The van der Waals surface area contributed by atoms with Gasteiger partial charge < -0.3 is 0 Å². The van der Waals surface area contributed by atoms with Gasteiger partial charge in [-0.3, -0.25) is 0 Å². The zero-order chi connectivity index (χ0) is 13.7. The maximum absolute atomic E-state index is 11.9. The molecule has 0 amide bonds. The van der Waals surface area contributed by atoms with Crippen molar-refractivity contribution >= 4 is 9.84 Å². The smallest absolute Gasteiger partial charge is 0.171 e. The summed E-state index contributed by atoms with van der Waals surface area (Å²) in [5.74, 6) is 0.125. The van der Waals surface area contributed by atoms with Gasteiger partial charge in [0.2, 0.25) is 0 Å². The van der Waals surface area contributed by atoms with Crippen molar-refractivity contribution in [1.82, 2.24) is 20.2 Å². The minimum Gasteiger partial charge on any atom is -0.228 e. The van der Waals surface area contributed by atoms with Crippen molar-refractivity contribution in [2.75, 3.05) is 5.75 Å². The highest BCUT2D eigenvalue weighted by Crippen LogP contribution is 2.10. The fourth-order valence-corrected chi connectivity index (χ4v) is 2.74. The van der Waals surface area contributed by atoms with Gasteiger partial charge in [0.25, 0.3) is 0 Å². The number of hydrogen-bond acceptors (Lipinski definition) is 5. The number of nitrogens with zero attached hydrogens (tertiary/aromatic N) is 4. The van der Waals surface area contributed by atoms with E-state index in [-0.39, 0.29) is 11.5 Å². The summed E-state index contributed by atoms with van der Waals surface area (Å²) < 4.78 is 25.2. The molecular formula is C12H14N4O2S. The average molecular weight is 278 g/mol. The fourth-order valence-electron chi connectivity index (χ4n) is 1.56. The molecule has 0 saturated heterocycles. The molecule has 0 bridgehead atoms. The molecule has 100 valence electrons. The van der Waals surface area contributed by atoms with Crippen molar-refractivity contribution in [3.05, 3.63) is 48.3 Å². The number of tetrazole rings is 1. The molecule has 0 spiro atoms. The number of rotatable bonds is 5. The first-order chi connectivity index (χ1) is 9.12. The van der Waals surface area contributed by atoms with Crippen LogP contribution in [0.5, 0.6) is 0 Å². The Morgan fingerprint density at radius 3 is 2.68 bits per heavy atom. The topological polar surface area (TPSA) is 77.7 Å². The van der Waals surface area contributed by atoms with Gasteiger partial charge in [-0.05, 0) is 29.5 Å². The van der Waals surface area contributed by atoms with Gasteiger partial charge in [-0.1, -0.05) is 30.4 Å². The van der Waals surface area contributed by atoms with E-state index in [2.05, 4.69) is 15.5 Å². The molecular weight excluding hydrogens is 264 g/mol. The van der Waals surface area contributed by atoms with Gasteiger partial charge in [0.1, 0.15) is 5.75 Å². The van der Waals surface area contributed by atoms with E-state index in [4.69, 9.17) is 0 Å². The summed E-state index contributed by atoms with van der Waals surface area (Å²) in [6.45, 7) is 1.78. The highest BCUT2D eigenvalue weighted by atomic mass is 32.2. The van der Waals surface area contributed by atoms with E-state index in [1.807, 2.05) is 30.3 Å². The first-order valence-electron chi connectivity index (χ1n) is 5.76. The summed E-state index contributed by atoms with van der Waals surface area (Å²) >= 11 is 0. The number of sulfone groups is 1. The zero-order valence-electron chi connectivity index (χ0n) is 10.5. The third kappa shape index (κ3) is 3.47. The van der Waals surface area contributed by atoms with E-state index in [1.54, 1.807) is 19.1 Å². The predicted molar refractivity (Wildman–Crippen MR) is 71.5 cm³/mol. The zero-order valence-corrected chi connectivity index (χ0v) is 11.3. The summed E-state index contributed by atoms with van der Waals surface area (Å²) in [5, 5.41) is 11.2. The Hall–Kier alpha value is -2.02. The SMILES string of the molecule is CC=CCS(=O)(=O)Cc1nnnn1-c1ccccc1. The van der Waals surface area contributed by atoms with Gasteiger partial charge in [-0.25, -0.2) is 8.42 Å². The molecule has 0 atom stereocenters. The van der Waals surface area contributed by atoms with Crippen molar-refractivity contribution in [3.63, 3.8) is 0 Å². The molecule has 0 fully saturated rings. The third-order valence-electron chi connectivity index (χ3n) is 2.47. The fraction of sp³-hybridized carbons (Fsp3) is 0.250. The van der Waals surface area contributed by atoms with Crippen LogP contribution in [0.2, 0.25) is 0 Å². The highest BCUT2D eigenvalue weighted by molar-refractivity contribution is 7.90. The third-order valence-corrected chi connectivity index (χ3v) is 3.87. The average Bonchev–Trinajstić information content (AvgIpc) is 2.85. The number of hydrogen-bond donors (Lipinski definition) is 0. The first-order valence-corrected chi connectivity index (χ1v) is 7.59. The second kappa shape index (κ2) is 5.75. The Kier molecular flexibility index (Phi) is 4.06. The van der Waals surface area contributed by atoms with Crippen LogP contribution in [0.25, 0.3) is 5.69 Å². The van der Waals surface area contributed by atoms with Crippen LogP contribution in [0.4, 0.5) is 0 Å². The van der Waals surface area contributed by atoms with Crippen LogP contribution >= 0.6 is 0 Å². The van der Waals surface area contributed by atoms with Crippen molar-refractivity contribution in [2.45, 2.75) is 12.7 Å². The standard InChI is InChI=1S/C12H14N4O2S/c1-2-3-9-19(17,18)10-12-13-14-15-16(12)11-7-5-4-6-8-11/h2-8H,9-10H2,1H3. The number of para-hydroxylation sites is 1. The molecule has 6 nitrogen and oxygen atoms in total. The van der Waals surface area contributed by atoms with Crippen molar-refractivity contribution < 1.29 is 8.42 Å². The minimum absolute atomic E-state index is 0.00878. The van der Waals surface area contributed by atoms with Crippen molar-refractivity contribution in [3.8, 4) is 5.69 Å². The second-order valence-electron chi connectivity index (χ2n) is 3.97. The first kappa shape index (κ1) is 13.4.